The highest BCUT2D eigenvalue weighted by atomic mass is 79.9. The molecule has 1 aromatic carbocycles. The van der Waals surface area contributed by atoms with Crippen molar-refractivity contribution in [3.05, 3.63) is 50.5 Å². The van der Waals surface area contributed by atoms with E-state index in [-0.39, 0.29) is 0 Å². The number of hydrogen-bond acceptors (Lipinski definition) is 3. The summed E-state index contributed by atoms with van der Waals surface area (Å²) < 4.78 is 0.844. The van der Waals surface area contributed by atoms with Crippen LogP contribution in [0.5, 0.6) is 0 Å². The number of nitrogens with zero attached hydrogens (tertiary/aromatic N) is 2. The zero-order valence-corrected chi connectivity index (χ0v) is 13.3. The minimum atomic E-state index is 0.580. The maximum atomic E-state index is 6.17. The standard InChI is InChI=1S/C13H12BrCl2N3/c1-19(13-12(16)5-9(14)6-18-13)7-8-4-10(17)2-3-11(8)15/h2-6H,7,17H2,1H3. The van der Waals surface area contributed by atoms with Gasteiger partial charge in [-0.2, -0.15) is 0 Å². The number of anilines is 2. The first-order valence-electron chi connectivity index (χ1n) is 5.53. The number of rotatable bonds is 3. The summed E-state index contributed by atoms with van der Waals surface area (Å²) in [4.78, 5) is 6.22. The summed E-state index contributed by atoms with van der Waals surface area (Å²) in [6.07, 6.45) is 1.71. The number of nitrogens with two attached hydrogens (primary N) is 1. The molecular weight excluding hydrogens is 349 g/mol. The van der Waals surface area contributed by atoms with Crippen LogP contribution in [0.1, 0.15) is 5.56 Å². The maximum Gasteiger partial charge on any atom is 0.147 e. The van der Waals surface area contributed by atoms with E-state index in [0.717, 1.165) is 10.0 Å². The lowest BCUT2D eigenvalue weighted by atomic mass is 10.2. The predicted octanol–water partition coefficient (Wildman–Crippen LogP) is 4.37. The molecule has 0 aliphatic carbocycles. The van der Waals surface area contributed by atoms with E-state index in [0.29, 0.717) is 28.1 Å². The van der Waals surface area contributed by atoms with Crippen molar-refractivity contribution in [2.45, 2.75) is 6.54 Å². The maximum absolute atomic E-state index is 6.17. The quantitative estimate of drug-likeness (QED) is 0.826. The van der Waals surface area contributed by atoms with Crippen LogP contribution in [-0.2, 0) is 6.54 Å². The van der Waals surface area contributed by atoms with Crippen LogP contribution in [0.2, 0.25) is 10.0 Å². The van der Waals surface area contributed by atoms with E-state index in [4.69, 9.17) is 28.9 Å². The Hall–Kier alpha value is -0.970. The summed E-state index contributed by atoms with van der Waals surface area (Å²) in [6, 6.07) is 7.22. The number of pyridine rings is 1. The summed E-state index contributed by atoms with van der Waals surface area (Å²) in [5, 5.41) is 1.26. The van der Waals surface area contributed by atoms with Crippen molar-refractivity contribution in [3.8, 4) is 0 Å². The fourth-order valence-electron chi connectivity index (χ4n) is 1.73. The molecule has 19 heavy (non-hydrogen) atoms. The third-order valence-electron chi connectivity index (χ3n) is 2.63. The molecule has 0 saturated carbocycles. The monoisotopic (exact) mass is 359 g/mol. The smallest absolute Gasteiger partial charge is 0.147 e. The van der Waals surface area contributed by atoms with Crippen molar-refractivity contribution in [2.24, 2.45) is 0 Å². The van der Waals surface area contributed by atoms with Crippen LogP contribution in [0.15, 0.2) is 34.9 Å². The van der Waals surface area contributed by atoms with E-state index >= 15 is 0 Å². The van der Waals surface area contributed by atoms with Gasteiger partial charge in [-0.15, -0.1) is 0 Å². The van der Waals surface area contributed by atoms with Gasteiger partial charge in [-0.1, -0.05) is 23.2 Å². The minimum Gasteiger partial charge on any atom is -0.399 e. The Morgan fingerprint density at radius 2 is 2.00 bits per heavy atom. The first-order valence-corrected chi connectivity index (χ1v) is 7.08. The average Bonchev–Trinajstić information content (AvgIpc) is 2.33. The fourth-order valence-corrected chi connectivity index (χ4v) is 2.69. The van der Waals surface area contributed by atoms with Crippen LogP contribution in [-0.4, -0.2) is 12.0 Å². The Labute approximate surface area is 130 Å². The number of aromatic nitrogens is 1. The Balaban J connectivity index is 2.25. The highest BCUT2D eigenvalue weighted by molar-refractivity contribution is 9.10. The second kappa shape index (κ2) is 5.99. The van der Waals surface area contributed by atoms with Gasteiger partial charge in [0.25, 0.3) is 0 Å². The Morgan fingerprint density at radius 1 is 1.26 bits per heavy atom. The first kappa shape index (κ1) is 14.4. The Bertz CT molecular complexity index is 604. The second-order valence-corrected chi connectivity index (χ2v) is 5.90. The molecule has 0 fully saturated rings. The van der Waals surface area contributed by atoms with Crippen LogP contribution < -0.4 is 10.6 Å². The average molecular weight is 361 g/mol. The lowest BCUT2D eigenvalue weighted by molar-refractivity contribution is 0.898. The SMILES string of the molecule is CN(Cc1cc(N)ccc1Cl)c1ncc(Br)cc1Cl. The van der Waals surface area contributed by atoms with Gasteiger partial charge in [0.05, 0.1) is 5.02 Å². The van der Waals surface area contributed by atoms with Crippen molar-refractivity contribution >= 4 is 50.6 Å². The lowest BCUT2D eigenvalue weighted by Gasteiger charge is -2.20. The molecular formula is C13H12BrCl2N3. The van der Waals surface area contributed by atoms with Gasteiger partial charge in [-0.05, 0) is 45.8 Å². The molecule has 1 heterocycles. The molecule has 0 aliphatic heterocycles. The summed E-state index contributed by atoms with van der Waals surface area (Å²) in [5.41, 5.74) is 7.38. The summed E-state index contributed by atoms with van der Waals surface area (Å²) in [5.74, 6) is 0.698. The van der Waals surface area contributed by atoms with Gasteiger partial charge in [0, 0.05) is 35.0 Å². The number of hydrogen-bond donors (Lipinski definition) is 1. The van der Waals surface area contributed by atoms with Crippen molar-refractivity contribution < 1.29 is 0 Å². The molecule has 0 radical (unpaired) electrons. The largest absolute Gasteiger partial charge is 0.399 e. The molecule has 2 N–H and O–H groups in total. The van der Waals surface area contributed by atoms with Crippen LogP contribution in [0.4, 0.5) is 11.5 Å². The van der Waals surface area contributed by atoms with Crippen LogP contribution in [0, 0.1) is 0 Å². The normalized spacial score (nSPS) is 10.5. The molecule has 0 amide bonds. The minimum absolute atomic E-state index is 0.580. The molecule has 2 rings (SSSR count). The van der Waals surface area contributed by atoms with E-state index in [9.17, 15) is 0 Å². The van der Waals surface area contributed by atoms with Gasteiger partial charge < -0.3 is 10.6 Å². The van der Waals surface area contributed by atoms with E-state index in [1.807, 2.05) is 18.0 Å². The van der Waals surface area contributed by atoms with E-state index in [2.05, 4.69) is 20.9 Å². The zero-order chi connectivity index (χ0) is 14.0. The molecule has 0 spiro atoms. The molecule has 0 bridgehead atoms. The van der Waals surface area contributed by atoms with E-state index in [1.54, 1.807) is 24.4 Å². The van der Waals surface area contributed by atoms with Crippen molar-refractivity contribution in [1.82, 2.24) is 4.98 Å². The van der Waals surface area contributed by atoms with Gasteiger partial charge in [0.1, 0.15) is 5.82 Å². The van der Waals surface area contributed by atoms with Crippen molar-refractivity contribution in [1.29, 1.82) is 0 Å². The predicted molar refractivity (Wildman–Crippen MR) is 84.9 cm³/mol. The number of nitrogen functional groups attached to an aromatic ring is 1. The third-order valence-corrected chi connectivity index (χ3v) is 3.71. The fraction of sp³-hybridized carbons (Fsp3) is 0.154. The highest BCUT2D eigenvalue weighted by Gasteiger charge is 2.11. The van der Waals surface area contributed by atoms with Gasteiger partial charge in [0.15, 0.2) is 0 Å². The molecule has 0 saturated heterocycles. The topological polar surface area (TPSA) is 42.1 Å². The first-order chi connectivity index (χ1) is 8.97. The molecule has 3 nitrogen and oxygen atoms in total. The lowest BCUT2D eigenvalue weighted by Crippen LogP contribution is -2.18. The van der Waals surface area contributed by atoms with Gasteiger partial charge in [-0.25, -0.2) is 4.98 Å². The molecule has 0 unspecified atom stereocenters. The van der Waals surface area contributed by atoms with Crippen molar-refractivity contribution in [3.63, 3.8) is 0 Å². The summed E-state index contributed by atoms with van der Waals surface area (Å²) in [6.45, 7) is 0.582. The molecule has 6 heteroatoms. The third kappa shape index (κ3) is 3.53. The van der Waals surface area contributed by atoms with Gasteiger partial charge in [0.2, 0.25) is 0 Å². The zero-order valence-electron chi connectivity index (χ0n) is 10.2. The second-order valence-electron chi connectivity index (χ2n) is 4.17. The molecule has 1 aromatic heterocycles. The van der Waals surface area contributed by atoms with Gasteiger partial charge in [-0.3, -0.25) is 0 Å². The number of benzene rings is 1. The number of halogens is 3. The van der Waals surface area contributed by atoms with E-state index < -0.39 is 0 Å². The Kier molecular flexibility index (Phi) is 4.55. The Morgan fingerprint density at radius 3 is 2.68 bits per heavy atom. The molecule has 100 valence electrons. The van der Waals surface area contributed by atoms with E-state index in [1.165, 1.54) is 0 Å². The van der Waals surface area contributed by atoms with Crippen LogP contribution in [0.3, 0.4) is 0 Å². The highest BCUT2D eigenvalue weighted by Crippen LogP contribution is 2.28. The molecule has 0 atom stereocenters. The summed E-state index contributed by atoms with van der Waals surface area (Å²) in [7, 11) is 1.90. The van der Waals surface area contributed by atoms with Crippen LogP contribution >= 0.6 is 39.1 Å². The van der Waals surface area contributed by atoms with Crippen molar-refractivity contribution in [2.75, 3.05) is 17.7 Å². The molecule has 2 aromatic rings. The van der Waals surface area contributed by atoms with Crippen LogP contribution in [0.25, 0.3) is 0 Å². The summed E-state index contributed by atoms with van der Waals surface area (Å²) >= 11 is 15.6. The van der Waals surface area contributed by atoms with Gasteiger partial charge >= 0.3 is 0 Å². The molecule has 0 aliphatic rings.